The quantitative estimate of drug-likeness (QED) is 0.847. The van der Waals surface area contributed by atoms with Crippen LogP contribution in [0.4, 0.5) is 10.1 Å². The van der Waals surface area contributed by atoms with Crippen molar-refractivity contribution in [1.29, 1.82) is 0 Å². The van der Waals surface area contributed by atoms with E-state index >= 15 is 0 Å². The molecule has 19 heavy (non-hydrogen) atoms. The molecule has 2 aliphatic carbocycles. The van der Waals surface area contributed by atoms with E-state index in [0.29, 0.717) is 22.0 Å². The van der Waals surface area contributed by atoms with E-state index in [-0.39, 0.29) is 16.8 Å². The van der Waals surface area contributed by atoms with Crippen molar-refractivity contribution in [3.63, 3.8) is 0 Å². The summed E-state index contributed by atoms with van der Waals surface area (Å²) in [6, 6.07) is 2.52. The maximum atomic E-state index is 13.2. The SMILES string of the molecule is O=C(Nc1c(Cl)cc(F)cc1Br)C(C1CC1)C1CC1. The second-order valence-electron chi connectivity index (χ2n) is 5.43. The summed E-state index contributed by atoms with van der Waals surface area (Å²) in [5, 5.41) is 3.09. The summed E-state index contributed by atoms with van der Waals surface area (Å²) in [5.41, 5.74) is 0.472. The molecule has 0 bridgehead atoms. The van der Waals surface area contributed by atoms with E-state index in [1.807, 2.05) is 0 Å². The van der Waals surface area contributed by atoms with Gasteiger partial charge in [-0.15, -0.1) is 0 Å². The number of amides is 1. The van der Waals surface area contributed by atoms with Crippen molar-refractivity contribution in [3.8, 4) is 0 Å². The van der Waals surface area contributed by atoms with Gasteiger partial charge in [0.2, 0.25) is 5.91 Å². The van der Waals surface area contributed by atoms with E-state index < -0.39 is 5.82 Å². The Kier molecular flexibility index (Phi) is 3.56. The molecule has 2 nitrogen and oxygen atoms in total. The van der Waals surface area contributed by atoms with Crippen LogP contribution in [0, 0.1) is 23.6 Å². The monoisotopic (exact) mass is 345 g/mol. The van der Waals surface area contributed by atoms with Crippen LogP contribution in [0.2, 0.25) is 5.02 Å². The molecule has 0 saturated heterocycles. The van der Waals surface area contributed by atoms with Crippen molar-refractivity contribution in [2.75, 3.05) is 5.32 Å². The third-order valence-corrected chi connectivity index (χ3v) is 4.74. The Labute approximate surface area is 124 Å². The van der Waals surface area contributed by atoms with Crippen molar-refractivity contribution in [2.45, 2.75) is 25.7 Å². The van der Waals surface area contributed by atoms with Gasteiger partial charge in [0.15, 0.2) is 0 Å². The van der Waals surface area contributed by atoms with Crippen molar-refractivity contribution >= 4 is 39.1 Å². The second-order valence-corrected chi connectivity index (χ2v) is 6.70. The maximum absolute atomic E-state index is 13.2. The van der Waals surface area contributed by atoms with E-state index in [4.69, 9.17) is 11.6 Å². The van der Waals surface area contributed by atoms with Gasteiger partial charge in [0.1, 0.15) is 5.82 Å². The molecule has 2 saturated carbocycles. The van der Waals surface area contributed by atoms with Crippen LogP contribution in [0.1, 0.15) is 25.7 Å². The first kappa shape index (κ1) is 13.4. The van der Waals surface area contributed by atoms with Gasteiger partial charge < -0.3 is 5.32 Å². The largest absolute Gasteiger partial charge is 0.324 e. The lowest BCUT2D eigenvalue weighted by Crippen LogP contribution is -2.26. The van der Waals surface area contributed by atoms with E-state index in [0.717, 1.165) is 25.7 Å². The Morgan fingerprint density at radius 3 is 2.37 bits per heavy atom. The number of rotatable bonds is 4. The van der Waals surface area contributed by atoms with Crippen LogP contribution in [0.3, 0.4) is 0 Å². The van der Waals surface area contributed by atoms with E-state index in [1.54, 1.807) is 0 Å². The van der Waals surface area contributed by atoms with Gasteiger partial charge in [-0.2, -0.15) is 0 Å². The van der Waals surface area contributed by atoms with Crippen LogP contribution in [-0.4, -0.2) is 5.91 Å². The van der Waals surface area contributed by atoms with Crippen molar-refractivity contribution in [3.05, 3.63) is 27.4 Å². The summed E-state index contributed by atoms with van der Waals surface area (Å²) in [6.45, 7) is 0. The molecule has 1 amide bonds. The van der Waals surface area contributed by atoms with Crippen LogP contribution in [0.15, 0.2) is 16.6 Å². The molecule has 2 aliphatic rings. The van der Waals surface area contributed by atoms with Gasteiger partial charge in [-0.05, 0) is 65.6 Å². The first-order valence-corrected chi connectivity index (χ1v) is 7.69. The Hall–Kier alpha value is -0.610. The molecule has 1 aromatic carbocycles. The lowest BCUT2D eigenvalue weighted by Gasteiger charge is -2.17. The number of nitrogens with one attached hydrogen (secondary N) is 1. The fraction of sp³-hybridized carbons (Fsp3) is 0.500. The topological polar surface area (TPSA) is 29.1 Å². The molecule has 1 aromatic rings. The Morgan fingerprint density at radius 2 is 1.89 bits per heavy atom. The third kappa shape index (κ3) is 2.95. The van der Waals surface area contributed by atoms with Gasteiger partial charge >= 0.3 is 0 Å². The van der Waals surface area contributed by atoms with E-state index in [1.165, 1.54) is 12.1 Å². The molecule has 0 spiro atoms. The Balaban J connectivity index is 1.78. The van der Waals surface area contributed by atoms with Gasteiger partial charge in [0.05, 0.1) is 10.7 Å². The van der Waals surface area contributed by atoms with E-state index in [2.05, 4.69) is 21.2 Å². The van der Waals surface area contributed by atoms with Gasteiger partial charge in [-0.25, -0.2) is 4.39 Å². The number of hydrogen-bond acceptors (Lipinski definition) is 1. The highest BCUT2D eigenvalue weighted by atomic mass is 79.9. The molecule has 0 aromatic heterocycles. The highest BCUT2D eigenvalue weighted by molar-refractivity contribution is 9.10. The number of carbonyl (C=O) groups is 1. The van der Waals surface area contributed by atoms with Crippen LogP contribution >= 0.6 is 27.5 Å². The smallest absolute Gasteiger partial charge is 0.228 e. The van der Waals surface area contributed by atoms with Gasteiger partial charge in [-0.3, -0.25) is 4.79 Å². The lowest BCUT2D eigenvalue weighted by molar-refractivity contribution is -0.121. The zero-order valence-corrected chi connectivity index (χ0v) is 12.6. The third-order valence-electron chi connectivity index (χ3n) is 3.82. The molecule has 102 valence electrons. The second kappa shape index (κ2) is 5.06. The molecule has 0 atom stereocenters. The van der Waals surface area contributed by atoms with Gasteiger partial charge in [0.25, 0.3) is 0 Å². The van der Waals surface area contributed by atoms with Crippen LogP contribution in [0.25, 0.3) is 0 Å². The highest BCUT2D eigenvalue weighted by Gasteiger charge is 2.45. The molecule has 0 aliphatic heterocycles. The zero-order valence-electron chi connectivity index (χ0n) is 10.3. The first-order valence-electron chi connectivity index (χ1n) is 6.51. The van der Waals surface area contributed by atoms with Gasteiger partial charge in [0, 0.05) is 10.4 Å². The van der Waals surface area contributed by atoms with E-state index in [9.17, 15) is 9.18 Å². The average Bonchev–Trinajstić information content (AvgIpc) is 3.17. The van der Waals surface area contributed by atoms with Crippen LogP contribution < -0.4 is 5.32 Å². The molecule has 0 unspecified atom stereocenters. The molecule has 2 fully saturated rings. The predicted octanol–water partition coefficient (Wildman–Crippen LogP) is 4.62. The van der Waals surface area contributed by atoms with Crippen LogP contribution in [-0.2, 0) is 4.79 Å². The number of benzene rings is 1. The molecule has 1 N–H and O–H groups in total. The van der Waals surface area contributed by atoms with Crippen molar-refractivity contribution < 1.29 is 9.18 Å². The van der Waals surface area contributed by atoms with Crippen molar-refractivity contribution in [2.24, 2.45) is 17.8 Å². The van der Waals surface area contributed by atoms with Gasteiger partial charge in [-0.1, -0.05) is 11.6 Å². The molecular formula is C14H14BrClFNO. The lowest BCUT2D eigenvalue weighted by atomic mass is 9.97. The number of hydrogen-bond donors (Lipinski definition) is 1. The van der Waals surface area contributed by atoms with Crippen LogP contribution in [0.5, 0.6) is 0 Å². The normalized spacial score (nSPS) is 18.7. The summed E-state index contributed by atoms with van der Waals surface area (Å²) >= 11 is 9.23. The summed E-state index contributed by atoms with van der Waals surface area (Å²) in [6.07, 6.45) is 4.58. The fourth-order valence-electron chi connectivity index (χ4n) is 2.59. The summed E-state index contributed by atoms with van der Waals surface area (Å²) < 4.78 is 13.6. The number of carbonyl (C=O) groups excluding carboxylic acids is 1. The summed E-state index contributed by atoms with van der Waals surface area (Å²) in [4.78, 5) is 12.4. The Bertz CT molecular complexity index is 493. The minimum absolute atomic E-state index is 0.0270. The summed E-state index contributed by atoms with van der Waals surface area (Å²) in [7, 11) is 0. The fourth-order valence-corrected chi connectivity index (χ4v) is 3.49. The molecule has 3 rings (SSSR count). The molecule has 5 heteroatoms. The maximum Gasteiger partial charge on any atom is 0.228 e. The number of halogens is 3. The minimum atomic E-state index is -0.421. The molecular weight excluding hydrogens is 333 g/mol. The predicted molar refractivity (Wildman–Crippen MR) is 76.7 cm³/mol. The first-order chi connectivity index (χ1) is 9.06. The minimum Gasteiger partial charge on any atom is -0.324 e. The van der Waals surface area contributed by atoms with Crippen molar-refractivity contribution in [1.82, 2.24) is 0 Å². The average molecular weight is 347 g/mol. The molecule has 0 heterocycles. The molecule has 0 radical (unpaired) electrons. The Morgan fingerprint density at radius 1 is 1.32 bits per heavy atom. The number of anilines is 1. The standard InChI is InChI=1S/C14H14BrClFNO/c15-10-5-9(17)6-11(16)13(10)18-14(19)12(7-1-2-7)8-3-4-8/h5-8,12H,1-4H2,(H,18,19). The highest BCUT2D eigenvalue weighted by Crippen LogP contribution is 2.49. The summed E-state index contributed by atoms with van der Waals surface area (Å²) in [5.74, 6) is 0.777. The zero-order chi connectivity index (χ0) is 13.6.